The maximum atomic E-state index is 11.3. The van der Waals surface area contributed by atoms with E-state index in [4.69, 9.17) is 4.42 Å². The Morgan fingerprint density at radius 2 is 1.76 bits per heavy atom. The highest BCUT2D eigenvalue weighted by molar-refractivity contribution is 7.83. The van der Waals surface area contributed by atoms with Crippen LogP contribution >= 0.6 is 0 Å². The van der Waals surface area contributed by atoms with E-state index in [-0.39, 0.29) is 12.0 Å². The standard InChI is InChI=1S/C16H21NO4S.C3H6/c1-6-17(22(18,19)20)12-7-8-13-11(2)9-15(16(3,4)5)21-14(13)10-12;1-2-3-1/h7-10H,6H2,1-5H3;1-3H2. The molecule has 0 saturated heterocycles. The van der Waals surface area contributed by atoms with Gasteiger partial charge in [-0.15, -0.1) is 3.98 Å². The Hall–Kier alpha value is -1.66. The molecule has 0 aromatic carbocycles. The van der Waals surface area contributed by atoms with E-state index in [9.17, 15) is 13.0 Å². The number of hydrogen-bond acceptors (Lipinski definition) is 4. The van der Waals surface area contributed by atoms with Gasteiger partial charge in [-0.2, -0.15) is 8.42 Å². The second-order valence-corrected chi connectivity index (χ2v) is 8.70. The first-order valence-corrected chi connectivity index (χ1v) is 10.0. The van der Waals surface area contributed by atoms with E-state index in [1.807, 2.05) is 33.8 Å². The number of fused-ring (bicyclic) bond motifs is 1. The summed E-state index contributed by atoms with van der Waals surface area (Å²) in [6.07, 6.45) is 4.50. The van der Waals surface area contributed by atoms with E-state index in [0.717, 1.165) is 20.9 Å². The molecule has 3 rings (SSSR count). The summed E-state index contributed by atoms with van der Waals surface area (Å²) in [4.78, 5) is 0. The average Bonchev–Trinajstić information content (AvgIpc) is 3.33. The van der Waals surface area contributed by atoms with Crippen molar-refractivity contribution in [2.75, 3.05) is 6.54 Å². The van der Waals surface area contributed by atoms with E-state index in [1.165, 1.54) is 19.3 Å². The van der Waals surface area contributed by atoms with Crippen LogP contribution in [0.5, 0.6) is 0 Å². The van der Waals surface area contributed by atoms with Crippen molar-refractivity contribution in [1.29, 1.82) is 0 Å². The maximum Gasteiger partial charge on any atom is 0.325 e. The second-order valence-electron chi connectivity index (χ2n) is 7.41. The van der Waals surface area contributed by atoms with Crippen molar-refractivity contribution in [2.45, 2.75) is 59.3 Å². The van der Waals surface area contributed by atoms with Gasteiger partial charge in [0.2, 0.25) is 5.36 Å². The first kappa shape index (κ1) is 19.7. The molecule has 1 fully saturated rings. The van der Waals surface area contributed by atoms with Crippen LogP contribution in [0.25, 0.3) is 11.3 Å². The van der Waals surface area contributed by atoms with Gasteiger partial charge in [-0.05, 0) is 31.5 Å². The van der Waals surface area contributed by atoms with Crippen molar-refractivity contribution in [2.24, 2.45) is 0 Å². The van der Waals surface area contributed by atoms with Crippen LogP contribution < -0.4 is 9.34 Å². The number of rotatable bonds is 2. The number of benzene rings is 1. The first-order valence-electron chi connectivity index (χ1n) is 8.65. The zero-order valence-corrected chi connectivity index (χ0v) is 16.4. The molecule has 6 heteroatoms. The monoisotopic (exact) mass is 365 g/mol. The molecule has 0 amide bonds. The maximum absolute atomic E-state index is 11.3. The third-order valence-electron chi connectivity index (χ3n) is 3.90. The van der Waals surface area contributed by atoms with Crippen molar-refractivity contribution >= 4 is 10.3 Å². The van der Waals surface area contributed by atoms with E-state index < -0.39 is 10.3 Å². The Bertz CT molecular complexity index is 884. The second kappa shape index (κ2) is 7.30. The Labute approximate surface area is 150 Å². The van der Waals surface area contributed by atoms with Crippen LogP contribution in [0.2, 0.25) is 0 Å². The van der Waals surface area contributed by atoms with Crippen molar-refractivity contribution < 1.29 is 17.4 Å². The topological polar surface area (TPSA) is 73.3 Å². The van der Waals surface area contributed by atoms with E-state index in [1.54, 1.807) is 25.1 Å². The molecule has 2 aliphatic carbocycles. The summed E-state index contributed by atoms with van der Waals surface area (Å²) < 4.78 is 40.7. The zero-order chi connectivity index (χ0) is 18.8. The molecule has 25 heavy (non-hydrogen) atoms. The van der Waals surface area contributed by atoms with E-state index >= 15 is 0 Å². The van der Waals surface area contributed by atoms with Gasteiger partial charge in [0.15, 0.2) is 6.54 Å². The SMILES string of the molecule is C1CC1.CC[N+](=c1ccc2c(C)cc(C(C)(C)C)oc-2c1)S(=O)(=O)[O-]. The summed E-state index contributed by atoms with van der Waals surface area (Å²) in [7, 11) is -4.54. The minimum absolute atomic E-state index is 0.0787. The van der Waals surface area contributed by atoms with Gasteiger partial charge in [-0.1, -0.05) is 40.0 Å². The highest BCUT2D eigenvalue weighted by Crippen LogP contribution is 2.31. The quantitative estimate of drug-likeness (QED) is 0.604. The third kappa shape index (κ3) is 5.16. The smallest absolute Gasteiger partial charge is 0.325 e. The lowest BCUT2D eigenvalue weighted by Gasteiger charge is -2.20. The Balaban J connectivity index is 0.000000676. The molecule has 3 aliphatic rings. The highest BCUT2D eigenvalue weighted by atomic mass is 32.2. The molecule has 0 radical (unpaired) electrons. The third-order valence-corrected chi connectivity index (χ3v) is 4.90. The molecule has 138 valence electrons. The van der Waals surface area contributed by atoms with Gasteiger partial charge in [0.25, 0.3) is 0 Å². The van der Waals surface area contributed by atoms with Crippen LogP contribution in [0.1, 0.15) is 58.3 Å². The lowest BCUT2D eigenvalue weighted by atomic mass is 9.91. The summed E-state index contributed by atoms with van der Waals surface area (Å²) in [6, 6.07) is 7.00. The van der Waals surface area contributed by atoms with Crippen molar-refractivity contribution in [3.63, 3.8) is 0 Å². The zero-order valence-electron chi connectivity index (χ0n) is 15.6. The fourth-order valence-electron chi connectivity index (χ4n) is 2.34. The average molecular weight is 365 g/mol. The van der Waals surface area contributed by atoms with Crippen molar-refractivity contribution in [3.8, 4) is 11.3 Å². The number of nitrogens with zero attached hydrogens (tertiary/aromatic N) is 1. The lowest BCUT2D eigenvalue weighted by molar-refractivity contribution is 0.403. The molecule has 1 aliphatic heterocycles. The van der Waals surface area contributed by atoms with Crippen LogP contribution in [0.3, 0.4) is 0 Å². The molecule has 0 bridgehead atoms. The Morgan fingerprint density at radius 3 is 2.20 bits per heavy atom. The molecule has 5 nitrogen and oxygen atoms in total. The number of hydrogen-bond donors (Lipinski definition) is 0. The summed E-state index contributed by atoms with van der Waals surface area (Å²) in [5.74, 6) is 1.38. The van der Waals surface area contributed by atoms with Crippen molar-refractivity contribution in [1.82, 2.24) is 3.98 Å². The predicted octanol–water partition coefficient (Wildman–Crippen LogP) is 3.41. The molecular formula is C19H27NO4S. The fourth-order valence-corrected chi connectivity index (χ4v) is 3.03. The molecule has 0 atom stereocenters. The normalized spacial score (nSPS) is 15.4. The van der Waals surface area contributed by atoms with Gasteiger partial charge in [-0.3, -0.25) is 0 Å². The van der Waals surface area contributed by atoms with Crippen LogP contribution in [0, 0.1) is 6.92 Å². The lowest BCUT2D eigenvalue weighted by Crippen LogP contribution is -2.35. The Kier molecular flexibility index (Phi) is 5.74. The van der Waals surface area contributed by atoms with Gasteiger partial charge in [-0.25, -0.2) is 0 Å². The van der Waals surface area contributed by atoms with Gasteiger partial charge < -0.3 is 8.97 Å². The molecule has 0 unspecified atom stereocenters. The Morgan fingerprint density at radius 1 is 1.16 bits per heavy atom. The van der Waals surface area contributed by atoms with Crippen LogP contribution in [-0.4, -0.2) is 19.5 Å². The van der Waals surface area contributed by atoms with Gasteiger partial charge in [0.1, 0.15) is 11.5 Å². The van der Waals surface area contributed by atoms with Gasteiger partial charge in [0, 0.05) is 17.0 Å². The van der Waals surface area contributed by atoms with Crippen LogP contribution in [0.4, 0.5) is 0 Å². The minimum atomic E-state index is -4.54. The number of aryl methyl sites for hydroxylation is 1. The largest absolute Gasteiger partial charge is 0.693 e. The van der Waals surface area contributed by atoms with Gasteiger partial charge in [0.05, 0.1) is 6.07 Å². The predicted molar refractivity (Wildman–Crippen MR) is 98.1 cm³/mol. The highest BCUT2D eigenvalue weighted by Gasteiger charge is 2.21. The summed E-state index contributed by atoms with van der Waals surface area (Å²) in [6.45, 7) is 9.81. The molecule has 0 aromatic rings. The van der Waals surface area contributed by atoms with Crippen LogP contribution in [-0.2, 0) is 15.7 Å². The minimum Gasteiger partial charge on any atom is -0.693 e. The van der Waals surface area contributed by atoms with E-state index in [0.29, 0.717) is 11.1 Å². The van der Waals surface area contributed by atoms with E-state index in [2.05, 4.69) is 0 Å². The molecule has 0 spiro atoms. The van der Waals surface area contributed by atoms with Crippen molar-refractivity contribution in [3.05, 3.63) is 40.9 Å². The summed E-state index contributed by atoms with van der Waals surface area (Å²) in [5.41, 5.74) is 1.78. The fraction of sp³-hybridized carbons (Fsp3) is 0.526. The summed E-state index contributed by atoms with van der Waals surface area (Å²) >= 11 is 0. The summed E-state index contributed by atoms with van der Waals surface area (Å²) in [5, 5.41) is 0.319. The molecular weight excluding hydrogens is 338 g/mol. The molecule has 0 N–H and O–H groups in total. The van der Waals surface area contributed by atoms with Crippen LogP contribution in [0.15, 0.2) is 28.7 Å². The first-order chi connectivity index (χ1) is 11.5. The molecule has 1 saturated carbocycles. The molecule has 1 heterocycles. The van der Waals surface area contributed by atoms with Gasteiger partial charge >= 0.3 is 10.3 Å². The molecule has 0 aromatic heterocycles.